The van der Waals surface area contributed by atoms with E-state index < -0.39 is 0 Å². The van der Waals surface area contributed by atoms with E-state index in [2.05, 4.69) is 9.97 Å². The van der Waals surface area contributed by atoms with E-state index in [4.69, 9.17) is 4.74 Å². The van der Waals surface area contributed by atoms with E-state index in [1.165, 1.54) is 0 Å². The van der Waals surface area contributed by atoms with Crippen LogP contribution in [0.3, 0.4) is 0 Å². The predicted molar refractivity (Wildman–Crippen MR) is 48.3 cm³/mol. The summed E-state index contributed by atoms with van der Waals surface area (Å²) >= 11 is 1.82. The summed E-state index contributed by atoms with van der Waals surface area (Å²) in [5.74, 6) is 0. The Labute approximate surface area is 75.9 Å². The summed E-state index contributed by atoms with van der Waals surface area (Å²) in [5.41, 5.74) is 0. The highest BCUT2D eigenvalue weighted by Crippen LogP contribution is 2.26. The van der Waals surface area contributed by atoms with E-state index in [0.717, 1.165) is 31.2 Å². The molecule has 1 saturated heterocycles. The third-order valence-corrected chi connectivity index (χ3v) is 3.17. The van der Waals surface area contributed by atoms with Crippen molar-refractivity contribution in [3.63, 3.8) is 0 Å². The molecule has 0 spiro atoms. The van der Waals surface area contributed by atoms with Gasteiger partial charge in [0.1, 0.15) is 0 Å². The maximum atomic E-state index is 5.27. The van der Waals surface area contributed by atoms with Crippen molar-refractivity contribution in [3.8, 4) is 0 Å². The lowest BCUT2D eigenvalue weighted by Gasteiger charge is -2.19. The lowest BCUT2D eigenvalue weighted by atomic mass is 10.2. The Morgan fingerprint density at radius 1 is 1.50 bits per heavy atom. The number of nitrogens with one attached hydrogen (secondary N) is 1. The van der Waals surface area contributed by atoms with Crippen LogP contribution in [0.4, 0.5) is 0 Å². The van der Waals surface area contributed by atoms with E-state index in [-0.39, 0.29) is 0 Å². The number of imidazole rings is 1. The van der Waals surface area contributed by atoms with Crippen molar-refractivity contribution >= 4 is 11.8 Å². The van der Waals surface area contributed by atoms with Gasteiger partial charge in [0.25, 0.3) is 0 Å². The summed E-state index contributed by atoms with van der Waals surface area (Å²) in [6, 6.07) is 0. The van der Waals surface area contributed by atoms with Gasteiger partial charge in [-0.15, -0.1) is 0 Å². The number of thioether (sulfide) groups is 1. The van der Waals surface area contributed by atoms with Crippen LogP contribution in [0.2, 0.25) is 0 Å². The first kappa shape index (κ1) is 8.13. The Morgan fingerprint density at radius 2 is 2.33 bits per heavy atom. The number of aromatic nitrogens is 2. The molecule has 1 fully saturated rings. The van der Waals surface area contributed by atoms with Crippen molar-refractivity contribution in [2.45, 2.75) is 23.2 Å². The fraction of sp³-hybridized carbons (Fsp3) is 0.625. The minimum absolute atomic E-state index is 0.685. The van der Waals surface area contributed by atoms with Crippen LogP contribution in [0.5, 0.6) is 0 Å². The van der Waals surface area contributed by atoms with E-state index in [0.29, 0.717) is 5.25 Å². The minimum atomic E-state index is 0.685. The second-order valence-electron chi connectivity index (χ2n) is 2.82. The average Bonchev–Trinajstić information content (AvgIpc) is 2.59. The van der Waals surface area contributed by atoms with Crippen LogP contribution in [0.1, 0.15) is 12.8 Å². The SMILES string of the molecule is c1c[nH]c(SC2CCOCC2)n1. The van der Waals surface area contributed by atoms with Gasteiger partial charge in [0.2, 0.25) is 0 Å². The monoisotopic (exact) mass is 184 g/mol. The van der Waals surface area contributed by atoms with Gasteiger partial charge in [-0.3, -0.25) is 0 Å². The van der Waals surface area contributed by atoms with Crippen molar-refractivity contribution in [3.05, 3.63) is 12.4 Å². The molecule has 0 aromatic carbocycles. The molecule has 0 unspecified atom stereocenters. The van der Waals surface area contributed by atoms with Crippen LogP contribution in [0.15, 0.2) is 17.6 Å². The topological polar surface area (TPSA) is 37.9 Å². The Balaban J connectivity index is 1.86. The van der Waals surface area contributed by atoms with E-state index in [1.807, 2.05) is 18.0 Å². The first-order valence-corrected chi connectivity index (χ1v) is 5.07. The number of ether oxygens (including phenoxy) is 1. The van der Waals surface area contributed by atoms with Crippen molar-refractivity contribution in [1.29, 1.82) is 0 Å². The zero-order valence-corrected chi connectivity index (χ0v) is 7.64. The molecule has 1 aromatic heterocycles. The number of H-pyrrole nitrogens is 1. The quantitative estimate of drug-likeness (QED) is 0.760. The van der Waals surface area contributed by atoms with E-state index in [9.17, 15) is 0 Å². The summed E-state index contributed by atoms with van der Waals surface area (Å²) in [4.78, 5) is 7.27. The van der Waals surface area contributed by atoms with Gasteiger partial charge in [0.15, 0.2) is 5.16 Å². The highest BCUT2D eigenvalue weighted by Gasteiger charge is 2.15. The largest absolute Gasteiger partial charge is 0.381 e. The molecule has 1 aliphatic rings. The molecule has 0 amide bonds. The maximum Gasteiger partial charge on any atom is 0.165 e. The summed E-state index contributed by atoms with van der Waals surface area (Å²) in [5, 5.41) is 1.71. The summed E-state index contributed by atoms with van der Waals surface area (Å²) in [6.45, 7) is 1.80. The number of hydrogen-bond donors (Lipinski definition) is 1. The van der Waals surface area contributed by atoms with Gasteiger partial charge < -0.3 is 9.72 Å². The first-order chi connectivity index (χ1) is 5.95. The molecule has 1 aliphatic heterocycles. The Kier molecular flexibility index (Phi) is 2.68. The zero-order valence-electron chi connectivity index (χ0n) is 6.82. The van der Waals surface area contributed by atoms with Gasteiger partial charge in [0.05, 0.1) is 0 Å². The molecular weight excluding hydrogens is 172 g/mol. The zero-order chi connectivity index (χ0) is 8.23. The molecule has 0 radical (unpaired) electrons. The lowest BCUT2D eigenvalue weighted by Crippen LogP contribution is -2.17. The third kappa shape index (κ3) is 2.01. The van der Waals surface area contributed by atoms with Gasteiger partial charge in [-0.25, -0.2) is 4.98 Å². The van der Waals surface area contributed by atoms with Crippen LogP contribution in [0.25, 0.3) is 0 Å². The number of rotatable bonds is 2. The van der Waals surface area contributed by atoms with E-state index in [1.54, 1.807) is 6.20 Å². The highest BCUT2D eigenvalue weighted by atomic mass is 32.2. The first-order valence-electron chi connectivity index (χ1n) is 4.19. The number of hydrogen-bond acceptors (Lipinski definition) is 3. The third-order valence-electron chi connectivity index (χ3n) is 1.92. The van der Waals surface area contributed by atoms with Crippen LogP contribution in [0, 0.1) is 0 Å². The normalized spacial score (nSPS) is 19.7. The second kappa shape index (κ2) is 3.96. The van der Waals surface area contributed by atoms with Gasteiger partial charge in [-0.1, -0.05) is 11.8 Å². The van der Waals surface area contributed by atoms with E-state index >= 15 is 0 Å². The summed E-state index contributed by atoms with van der Waals surface area (Å²) in [7, 11) is 0. The number of aromatic amines is 1. The summed E-state index contributed by atoms with van der Waals surface area (Å²) in [6.07, 6.45) is 5.94. The van der Waals surface area contributed by atoms with Crippen molar-refractivity contribution in [2.75, 3.05) is 13.2 Å². The summed E-state index contributed by atoms with van der Waals surface area (Å²) < 4.78 is 5.27. The fourth-order valence-corrected chi connectivity index (χ4v) is 2.27. The molecule has 0 bridgehead atoms. The molecule has 1 aromatic rings. The molecule has 2 heterocycles. The molecule has 66 valence electrons. The molecule has 4 heteroatoms. The van der Waals surface area contributed by atoms with Gasteiger partial charge in [-0.2, -0.15) is 0 Å². The van der Waals surface area contributed by atoms with Crippen LogP contribution >= 0.6 is 11.8 Å². The molecule has 3 nitrogen and oxygen atoms in total. The second-order valence-corrected chi connectivity index (χ2v) is 4.11. The maximum absolute atomic E-state index is 5.27. The lowest BCUT2D eigenvalue weighted by molar-refractivity contribution is 0.1000. The Bertz CT molecular complexity index is 219. The van der Waals surface area contributed by atoms with Crippen LogP contribution in [-0.4, -0.2) is 28.4 Å². The number of nitrogens with zero attached hydrogens (tertiary/aromatic N) is 1. The van der Waals surface area contributed by atoms with Crippen LogP contribution in [-0.2, 0) is 4.74 Å². The Hall–Kier alpha value is -0.480. The Morgan fingerprint density at radius 3 is 3.00 bits per heavy atom. The molecule has 0 saturated carbocycles. The molecular formula is C8H12N2OS. The smallest absolute Gasteiger partial charge is 0.165 e. The molecule has 0 aliphatic carbocycles. The van der Waals surface area contributed by atoms with Crippen molar-refractivity contribution in [1.82, 2.24) is 9.97 Å². The van der Waals surface area contributed by atoms with Gasteiger partial charge >= 0.3 is 0 Å². The minimum Gasteiger partial charge on any atom is -0.381 e. The fourth-order valence-electron chi connectivity index (χ4n) is 1.27. The highest BCUT2D eigenvalue weighted by molar-refractivity contribution is 7.99. The average molecular weight is 184 g/mol. The van der Waals surface area contributed by atoms with Crippen molar-refractivity contribution < 1.29 is 4.74 Å². The predicted octanol–water partition coefficient (Wildman–Crippen LogP) is 1.68. The standard InChI is InChI=1S/C8H12N2OS/c1-5-11-6-2-7(1)12-8-9-3-4-10-8/h3-4,7H,1-2,5-6H2,(H,9,10). The molecule has 0 atom stereocenters. The van der Waals surface area contributed by atoms with Crippen molar-refractivity contribution in [2.24, 2.45) is 0 Å². The van der Waals surface area contributed by atoms with Gasteiger partial charge in [-0.05, 0) is 12.8 Å². The van der Waals surface area contributed by atoms with Gasteiger partial charge in [0, 0.05) is 30.9 Å². The molecule has 1 N–H and O–H groups in total. The molecule has 12 heavy (non-hydrogen) atoms. The van der Waals surface area contributed by atoms with Crippen LogP contribution < -0.4 is 0 Å². The molecule has 2 rings (SSSR count).